The van der Waals surface area contributed by atoms with Crippen LogP contribution in [0, 0.1) is 17.3 Å². The Morgan fingerprint density at radius 2 is 1.83 bits per heavy atom. The van der Waals surface area contributed by atoms with Crippen molar-refractivity contribution in [3.05, 3.63) is 34.9 Å². The lowest BCUT2D eigenvalue weighted by Gasteiger charge is -2.35. The van der Waals surface area contributed by atoms with Crippen LogP contribution >= 0.6 is 11.6 Å². The van der Waals surface area contributed by atoms with Crippen LogP contribution in [-0.2, 0) is 25.7 Å². The standard InChI is InChI=1S/C28H41ClN2O5/c1-28(2)14-12-20(13-15-28)17-24(30-27(35)36-19-22-6-5-7-23(29)16-22)25(33)10-8-21(18-32)9-11-26(34)31(3)4/h5-7,16,18,20-21,24H,8-15,17,19H2,1-4H3,(H,30,35)/t21-,24?/m0/s1. The van der Waals surface area contributed by atoms with Gasteiger partial charge in [-0.2, -0.15) is 0 Å². The lowest BCUT2D eigenvalue weighted by atomic mass is 9.71. The van der Waals surface area contributed by atoms with Crippen LogP contribution in [-0.4, -0.2) is 49.1 Å². The van der Waals surface area contributed by atoms with Gasteiger partial charge in [-0.05, 0) is 74.0 Å². The van der Waals surface area contributed by atoms with Gasteiger partial charge in [-0.15, -0.1) is 0 Å². The number of halogens is 1. The van der Waals surface area contributed by atoms with E-state index in [1.165, 1.54) is 4.90 Å². The molecule has 200 valence electrons. The highest BCUT2D eigenvalue weighted by Crippen LogP contribution is 2.39. The van der Waals surface area contributed by atoms with E-state index in [0.717, 1.165) is 37.5 Å². The Bertz CT molecular complexity index is 892. The van der Waals surface area contributed by atoms with Crippen LogP contribution in [0.5, 0.6) is 0 Å². The quantitative estimate of drug-likeness (QED) is 0.343. The maximum atomic E-state index is 13.2. The molecule has 2 rings (SSSR count). The summed E-state index contributed by atoms with van der Waals surface area (Å²) in [4.78, 5) is 50.6. The highest BCUT2D eigenvalue weighted by Gasteiger charge is 2.31. The number of amides is 2. The summed E-state index contributed by atoms with van der Waals surface area (Å²) in [5.41, 5.74) is 1.07. The summed E-state index contributed by atoms with van der Waals surface area (Å²) in [5, 5.41) is 3.34. The van der Waals surface area contributed by atoms with Gasteiger partial charge in [0.25, 0.3) is 0 Å². The van der Waals surface area contributed by atoms with Crippen molar-refractivity contribution >= 4 is 35.7 Å². The highest BCUT2D eigenvalue weighted by molar-refractivity contribution is 6.30. The van der Waals surface area contributed by atoms with E-state index >= 15 is 0 Å². The number of aldehydes is 1. The molecule has 0 saturated heterocycles. The predicted octanol–water partition coefficient (Wildman–Crippen LogP) is 5.57. The van der Waals surface area contributed by atoms with Gasteiger partial charge in [0, 0.05) is 37.9 Å². The van der Waals surface area contributed by atoms with Crippen molar-refractivity contribution in [2.24, 2.45) is 17.3 Å². The number of ether oxygens (including phenoxy) is 1. The van der Waals surface area contributed by atoms with Crippen LogP contribution in [0.25, 0.3) is 0 Å². The number of nitrogens with one attached hydrogen (secondary N) is 1. The Morgan fingerprint density at radius 1 is 1.17 bits per heavy atom. The Kier molecular flexibility index (Phi) is 11.9. The second-order valence-corrected chi connectivity index (χ2v) is 11.4. The average molecular weight is 521 g/mol. The number of benzene rings is 1. The highest BCUT2D eigenvalue weighted by atomic mass is 35.5. The van der Waals surface area contributed by atoms with Crippen molar-refractivity contribution in [2.45, 2.75) is 84.3 Å². The smallest absolute Gasteiger partial charge is 0.408 e. The Balaban J connectivity index is 1.96. The van der Waals surface area contributed by atoms with Gasteiger partial charge >= 0.3 is 6.09 Å². The zero-order valence-electron chi connectivity index (χ0n) is 22.1. The molecule has 1 aliphatic carbocycles. The molecule has 1 aromatic carbocycles. The molecule has 8 heteroatoms. The Morgan fingerprint density at radius 3 is 2.44 bits per heavy atom. The fourth-order valence-corrected chi connectivity index (χ4v) is 4.79. The van der Waals surface area contributed by atoms with Gasteiger partial charge in [0.15, 0.2) is 5.78 Å². The van der Waals surface area contributed by atoms with Gasteiger partial charge in [0.05, 0.1) is 6.04 Å². The number of hydrogen-bond acceptors (Lipinski definition) is 5. The first kappa shape index (κ1) is 29.8. The summed E-state index contributed by atoms with van der Waals surface area (Å²) in [6.45, 7) is 4.58. The molecule has 0 radical (unpaired) electrons. The monoisotopic (exact) mass is 520 g/mol. The molecule has 1 aliphatic rings. The number of ketones is 1. The van der Waals surface area contributed by atoms with E-state index in [4.69, 9.17) is 16.3 Å². The number of nitrogens with zero attached hydrogens (tertiary/aromatic N) is 1. The zero-order valence-corrected chi connectivity index (χ0v) is 22.8. The Labute approximate surface area is 220 Å². The van der Waals surface area contributed by atoms with E-state index in [-0.39, 0.29) is 37.1 Å². The summed E-state index contributed by atoms with van der Waals surface area (Å²) in [6.07, 6.45) is 6.13. The third-order valence-corrected chi connectivity index (χ3v) is 7.38. The molecule has 0 spiro atoms. The Hall–Kier alpha value is -2.41. The second kappa shape index (κ2) is 14.4. The molecule has 36 heavy (non-hydrogen) atoms. The zero-order chi connectivity index (χ0) is 26.7. The molecule has 7 nitrogen and oxygen atoms in total. The second-order valence-electron chi connectivity index (χ2n) is 11.0. The first-order valence-electron chi connectivity index (χ1n) is 12.8. The average Bonchev–Trinajstić information content (AvgIpc) is 2.83. The number of carbonyl (C=O) groups is 4. The lowest BCUT2D eigenvalue weighted by Crippen LogP contribution is -2.43. The van der Waals surface area contributed by atoms with E-state index in [1.54, 1.807) is 32.3 Å². The van der Waals surface area contributed by atoms with E-state index in [2.05, 4.69) is 19.2 Å². The van der Waals surface area contributed by atoms with E-state index in [9.17, 15) is 19.2 Å². The van der Waals surface area contributed by atoms with Crippen molar-refractivity contribution in [3.8, 4) is 0 Å². The van der Waals surface area contributed by atoms with Gasteiger partial charge in [0.1, 0.15) is 12.9 Å². The van der Waals surface area contributed by atoms with Gasteiger partial charge in [-0.3, -0.25) is 9.59 Å². The molecule has 0 heterocycles. The van der Waals surface area contributed by atoms with Crippen molar-refractivity contribution in [2.75, 3.05) is 14.1 Å². The third-order valence-electron chi connectivity index (χ3n) is 7.15. The van der Waals surface area contributed by atoms with Crippen molar-refractivity contribution in [1.82, 2.24) is 10.2 Å². The lowest BCUT2D eigenvalue weighted by molar-refractivity contribution is -0.129. The van der Waals surface area contributed by atoms with Gasteiger partial charge in [-0.25, -0.2) is 4.79 Å². The molecule has 2 amide bonds. The number of carbonyl (C=O) groups excluding carboxylic acids is 4. The molecule has 0 bridgehead atoms. The van der Waals surface area contributed by atoms with E-state index in [0.29, 0.717) is 35.6 Å². The van der Waals surface area contributed by atoms with Crippen LogP contribution in [0.3, 0.4) is 0 Å². The maximum absolute atomic E-state index is 13.2. The minimum absolute atomic E-state index is 0.0459. The molecule has 1 saturated carbocycles. The van der Waals surface area contributed by atoms with E-state index in [1.807, 2.05) is 6.07 Å². The molecule has 1 unspecified atom stereocenters. The largest absolute Gasteiger partial charge is 0.445 e. The predicted molar refractivity (Wildman–Crippen MR) is 141 cm³/mol. The van der Waals surface area contributed by atoms with Crippen molar-refractivity contribution in [1.29, 1.82) is 0 Å². The fraction of sp³-hybridized carbons (Fsp3) is 0.643. The van der Waals surface area contributed by atoms with Gasteiger partial charge in [-0.1, -0.05) is 37.6 Å². The molecular formula is C28H41ClN2O5. The van der Waals surface area contributed by atoms with Crippen molar-refractivity contribution in [3.63, 3.8) is 0 Å². The third kappa shape index (κ3) is 10.7. The minimum Gasteiger partial charge on any atom is -0.445 e. The van der Waals surface area contributed by atoms with Crippen LogP contribution in [0.2, 0.25) is 5.02 Å². The number of alkyl carbamates (subject to hydrolysis) is 1. The minimum atomic E-state index is -0.668. The number of hydrogen-bond donors (Lipinski definition) is 1. The molecule has 1 aromatic rings. The SMILES string of the molecule is CN(C)C(=O)CC[C@@H](C=O)CCC(=O)C(CC1CCC(C)(C)CC1)NC(=O)OCc1cccc(Cl)c1. The van der Waals surface area contributed by atoms with Crippen LogP contribution in [0.15, 0.2) is 24.3 Å². The van der Waals surface area contributed by atoms with Crippen LogP contribution in [0.1, 0.15) is 77.2 Å². The normalized spacial score (nSPS) is 17.0. The van der Waals surface area contributed by atoms with Gasteiger partial charge < -0.3 is 19.7 Å². The number of rotatable bonds is 13. The molecule has 0 aromatic heterocycles. The molecule has 1 N–H and O–H groups in total. The topological polar surface area (TPSA) is 92.8 Å². The van der Waals surface area contributed by atoms with Crippen LogP contribution in [0.4, 0.5) is 4.79 Å². The van der Waals surface area contributed by atoms with Crippen molar-refractivity contribution < 1.29 is 23.9 Å². The van der Waals surface area contributed by atoms with Crippen LogP contribution < -0.4 is 5.32 Å². The van der Waals surface area contributed by atoms with Gasteiger partial charge in [0.2, 0.25) is 5.91 Å². The summed E-state index contributed by atoms with van der Waals surface area (Å²) in [6, 6.07) is 6.40. The first-order valence-corrected chi connectivity index (χ1v) is 13.2. The molecule has 1 fully saturated rings. The summed E-state index contributed by atoms with van der Waals surface area (Å²) >= 11 is 6.00. The maximum Gasteiger partial charge on any atom is 0.408 e. The first-order chi connectivity index (χ1) is 17.0. The fourth-order valence-electron chi connectivity index (χ4n) is 4.57. The summed E-state index contributed by atoms with van der Waals surface area (Å²) in [7, 11) is 3.35. The molecule has 2 atom stereocenters. The summed E-state index contributed by atoms with van der Waals surface area (Å²) < 4.78 is 5.36. The summed E-state index contributed by atoms with van der Waals surface area (Å²) in [5.74, 6) is -0.177. The number of Topliss-reactive ketones (excluding diaryl/α,β-unsaturated/α-hetero) is 1. The molecular weight excluding hydrogens is 480 g/mol. The molecule has 0 aliphatic heterocycles. The van der Waals surface area contributed by atoms with E-state index < -0.39 is 12.1 Å².